The van der Waals surface area contributed by atoms with Crippen molar-refractivity contribution in [2.75, 3.05) is 0 Å². The molecule has 1 aromatic carbocycles. The van der Waals surface area contributed by atoms with E-state index < -0.39 is 0 Å². The van der Waals surface area contributed by atoms with Gasteiger partial charge in [-0.2, -0.15) is 5.10 Å². The van der Waals surface area contributed by atoms with E-state index in [-0.39, 0.29) is 0 Å². The summed E-state index contributed by atoms with van der Waals surface area (Å²) in [5.74, 6) is 0. The molecule has 0 atom stereocenters. The lowest BCUT2D eigenvalue weighted by molar-refractivity contribution is 0.579. The van der Waals surface area contributed by atoms with E-state index in [1.807, 2.05) is 11.6 Å². The number of halogens is 1. The maximum absolute atomic E-state index is 4.44. The second-order valence-electron chi connectivity index (χ2n) is 4.32. The Morgan fingerprint density at radius 3 is 2.61 bits per heavy atom. The molecule has 0 saturated heterocycles. The third-order valence-corrected chi connectivity index (χ3v) is 3.36. The van der Waals surface area contributed by atoms with Gasteiger partial charge in [0.25, 0.3) is 0 Å². The summed E-state index contributed by atoms with van der Waals surface area (Å²) >= 11 is 3.44. The van der Waals surface area contributed by atoms with E-state index in [1.165, 1.54) is 11.3 Å². The fourth-order valence-electron chi connectivity index (χ4n) is 1.95. The summed E-state index contributed by atoms with van der Waals surface area (Å²) in [4.78, 5) is 0. The first-order chi connectivity index (χ1) is 8.69. The van der Waals surface area contributed by atoms with Gasteiger partial charge in [-0.1, -0.05) is 28.1 Å². The van der Waals surface area contributed by atoms with Crippen LogP contribution in [0.3, 0.4) is 0 Å². The molecule has 0 spiro atoms. The molecule has 2 rings (SSSR count). The lowest BCUT2D eigenvalue weighted by atomic mass is 10.2. The van der Waals surface area contributed by atoms with Crippen LogP contribution in [0.5, 0.6) is 0 Å². The summed E-state index contributed by atoms with van der Waals surface area (Å²) in [7, 11) is 0. The minimum Gasteiger partial charge on any atom is -0.307 e. The summed E-state index contributed by atoms with van der Waals surface area (Å²) < 4.78 is 3.16. The molecule has 4 heteroatoms. The average molecular weight is 308 g/mol. The van der Waals surface area contributed by atoms with Crippen LogP contribution in [0.4, 0.5) is 0 Å². The van der Waals surface area contributed by atoms with Crippen LogP contribution in [0.25, 0.3) is 0 Å². The number of aromatic nitrogens is 2. The Hall–Kier alpha value is -1.13. The molecule has 0 amide bonds. The van der Waals surface area contributed by atoms with Crippen LogP contribution in [-0.2, 0) is 19.6 Å². The van der Waals surface area contributed by atoms with Crippen molar-refractivity contribution >= 4 is 15.9 Å². The largest absolute Gasteiger partial charge is 0.307 e. The second-order valence-corrected chi connectivity index (χ2v) is 5.24. The maximum atomic E-state index is 4.44. The Labute approximate surface area is 116 Å². The van der Waals surface area contributed by atoms with Gasteiger partial charge in [0, 0.05) is 24.1 Å². The number of aryl methyl sites for hydroxylation is 2. The first-order valence-corrected chi connectivity index (χ1v) is 6.97. The zero-order valence-corrected chi connectivity index (χ0v) is 12.4. The van der Waals surface area contributed by atoms with Crippen molar-refractivity contribution in [3.05, 3.63) is 51.8 Å². The molecular formula is C14H18BrN3. The molecule has 1 N–H and O–H groups in total. The lowest BCUT2D eigenvalue weighted by Crippen LogP contribution is -2.16. The molecule has 0 unspecified atom stereocenters. The summed E-state index contributed by atoms with van der Waals surface area (Å²) in [6.07, 6.45) is 0. The summed E-state index contributed by atoms with van der Waals surface area (Å²) in [6, 6.07) is 10.5. The van der Waals surface area contributed by atoms with Gasteiger partial charge in [-0.3, -0.25) is 4.68 Å². The number of hydrogen-bond acceptors (Lipinski definition) is 2. The minimum atomic E-state index is 0.852. The van der Waals surface area contributed by atoms with Crippen LogP contribution >= 0.6 is 15.9 Å². The van der Waals surface area contributed by atoms with Crippen molar-refractivity contribution in [2.24, 2.45) is 0 Å². The molecule has 0 aliphatic rings. The highest BCUT2D eigenvalue weighted by molar-refractivity contribution is 9.10. The molecule has 1 heterocycles. The van der Waals surface area contributed by atoms with Crippen molar-refractivity contribution < 1.29 is 0 Å². The van der Waals surface area contributed by atoms with Gasteiger partial charge in [0.1, 0.15) is 0 Å². The zero-order valence-electron chi connectivity index (χ0n) is 10.8. The molecule has 0 fully saturated rings. The molecule has 1 aromatic heterocycles. The molecular weight excluding hydrogens is 290 g/mol. The SMILES string of the molecule is CCn1nc(C)cc1CNCc1ccc(Br)cc1. The highest BCUT2D eigenvalue weighted by Crippen LogP contribution is 2.10. The third kappa shape index (κ3) is 3.43. The molecule has 0 saturated carbocycles. The second kappa shape index (κ2) is 6.16. The fourth-order valence-corrected chi connectivity index (χ4v) is 2.22. The van der Waals surface area contributed by atoms with Gasteiger partial charge in [-0.15, -0.1) is 0 Å². The predicted octanol–water partition coefficient (Wildman–Crippen LogP) is 3.26. The molecule has 0 aliphatic heterocycles. The Morgan fingerprint density at radius 1 is 1.22 bits per heavy atom. The lowest BCUT2D eigenvalue weighted by Gasteiger charge is -2.07. The molecule has 0 radical (unpaired) electrons. The van der Waals surface area contributed by atoms with E-state index in [1.54, 1.807) is 0 Å². The van der Waals surface area contributed by atoms with Crippen molar-refractivity contribution in [1.29, 1.82) is 0 Å². The quantitative estimate of drug-likeness (QED) is 0.919. The first kappa shape index (κ1) is 13.3. The van der Waals surface area contributed by atoms with Crippen molar-refractivity contribution in [2.45, 2.75) is 33.5 Å². The fraction of sp³-hybridized carbons (Fsp3) is 0.357. The van der Waals surface area contributed by atoms with Crippen LogP contribution in [0.2, 0.25) is 0 Å². The van der Waals surface area contributed by atoms with E-state index in [0.29, 0.717) is 0 Å². The molecule has 0 bridgehead atoms. The van der Waals surface area contributed by atoms with Crippen LogP contribution in [0.15, 0.2) is 34.8 Å². The van der Waals surface area contributed by atoms with Crippen molar-refractivity contribution in [1.82, 2.24) is 15.1 Å². The topological polar surface area (TPSA) is 29.9 Å². The van der Waals surface area contributed by atoms with Gasteiger partial charge >= 0.3 is 0 Å². The molecule has 2 aromatic rings. The first-order valence-electron chi connectivity index (χ1n) is 6.17. The van der Waals surface area contributed by atoms with Gasteiger partial charge in [-0.25, -0.2) is 0 Å². The number of hydrogen-bond donors (Lipinski definition) is 1. The Balaban J connectivity index is 1.90. The molecule has 18 heavy (non-hydrogen) atoms. The summed E-state index contributed by atoms with van der Waals surface area (Å²) in [5.41, 5.74) is 3.61. The van der Waals surface area contributed by atoms with Gasteiger partial charge in [-0.05, 0) is 37.6 Å². The van der Waals surface area contributed by atoms with E-state index in [2.05, 4.69) is 63.6 Å². The molecule has 96 valence electrons. The van der Waals surface area contributed by atoms with E-state index in [9.17, 15) is 0 Å². The third-order valence-electron chi connectivity index (χ3n) is 2.83. The van der Waals surface area contributed by atoms with E-state index in [4.69, 9.17) is 0 Å². The van der Waals surface area contributed by atoms with Gasteiger partial charge < -0.3 is 5.32 Å². The smallest absolute Gasteiger partial charge is 0.0597 e. The zero-order chi connectivity index (χ0) is 13.0. The van der Waals surface area contributed by atoms with Crippen LogP contribution < -0.4 is 5.32 Å². The molecule has 3 nitrogen and oxygen atoms in total. The summed E-state index contributed by atoms with van der Waals surface area (Å²) in [5, 5.41) is 7.89. The Bertz CT molecular complexity index is 502. The Morgan fingerprint density at radius 2 is 1.94 bits per heavy atom. The number of nitrogens with zero attached hydrogens (tertiary/aromatic N) is 2. The summed E-state index contributed by atoms with van der Waals surface area (Å²) in [6.45, 7) is 6.80. The highest BCUT2D eigenvalue weighted by Gasteiger charge is 2.03. The number of nitrogens with one attached hydrogen (secondary N) is 1. The van der Waals surface area contributed by atoms with Crippen LogP contribution in [0.1, 0.15) is 23.9 Å². The standard InChI is InChI=1S/C14H18BrN3/c1-3-18-14(8-11(2)17-18)10-16-9-12-4-6-13(15)7-5-12/h4-8,16H,3,9-10H2,1-2H3. The van der Waals surface area contributed by atoms with Crippen LogP contribution in [0, 0.1) is 6.92 Å². The number of benzene rings is 1. The highest BCUT2D eigenvalue weighted by atomic mass is 79.9. The van der Waals surface area contributed by atoms with Gasteiger partial charge in [0.05, 0.1) is 11.4 Å². The average Bonchev–Trinajstić information content (AvgIpc) is 2.72. The monoisotopic (exact) mass is 307 g/mol. The Kier molecular flexibility index (Phi) is 4.55. The van der Waals surface area contributed by atoms with Gasteiger partial charge in [0.15, 0.2) is 0 Å². The predicted molar refractivity (Wildman–Crippen MR) is 77.3 cm³/mol. The molecule has 0 aliphatic carbocycles. The van der Waals surface area contributed by atoms with E-state index in [0.717, 1.165) is 29.8 Å². The van der Waals surface area contributed by atoms with Crippen molar-refractivity contribution in [3.63, 3.8) is 0 Å². The van der Waals surface area contributed by atoms with Crippen LogP contribution in [-0.4, -0.2) is 9.78 Å². The van der Waals surface area contributed by atoms with Crippen molar-refractivity contribution in [3.8, 4) is 0 Å². The number of rotatable bonds is 5. The minimum absolute atomic E-state index is 0.852. The maximum Gasteiger partial charge on any atom is 0.0597 e. The van der Waals surface area contributed by atoms with Gasteiger partial charge in [0.2, 0.25) is 0 Å². The normalized spacial score (nSPS) is 10.8. The van der Waals surface area contributed by atoms with E-state index >= 15 is 0 Å².